The van der Waals surface area contributed by atoms with Crippen molar-refractivity contribution in [3.05, 3.63) is 95.1 Å². The Labute approximate surface area is 240 Å². The first-order valence-corrected chi connectivity index (χ1v) is 12.6. The molecule has 3 amide bonds. The Kier molecular flexibility index (Phi) is 12.5. The van der Waals surface area contributed by atoms with Crippen molar-refractivity contribution in [1.82, 2.24) is 16.1 Å². The van der Waals surface area contributed by atoms with E-state index in [1.165, 1.54) is 12.4 Å². The highest BCUT2D eigenvalue weighted by molar-refractivity contribution is 5.97. The fourth-order valence-electron chi connectivity index (χ4n) is 3.62. The maximum Gasteiger partial charge on any atom is 0.268 e. The van der Waals surface area contributed by atoms with E-state index in [1.807, 2.05) is 43.3 Å². The Morgan fingerprint density at radius 2 is 1.44 bits per heavy atom. The first-order chi connectivity index (χ1) is 19.2. The summed E-state index contributed by atoms with van der Waals surface area (Å²) in [6.45, 7) is 2.09. The lowest BCUT2D eigenvalue weighted by atomic mass is 10.1. The fraction of sp³-hybridized carbons (Fsp3) is 0.258. The minimum absolute atomic E-state index is 0. The quantitative estimate of drug-likeness (QED) is 0.127. The topological polar surface area (TPSA) is 143 Å². The number of carbonyl (C=O) groups is 3. The highest BCUT2D eigenvalue weighted by atomic mass is 16.5. The molecule has 10 nitrogen and oxygen atoms in total. The second-order valence-electron chi connectivity index (χ2n) is 9.29. The molecule has 2 atom stereocenters. The number of anilines is 2. The van der Waals surface area contributed by atoms with E-state index in [0.717, 1.165) is 16.8 Å². The van der Waals surface area contributed by atoms with Crippen LogP contribution in [0, 0.1) is 11.8 Å². The molecule has 0 saturated heterocycles. The van der Waals surface area contributed by atoms with Gasteiger partial charge in [-0.1, -0.05) is 31.4 Å². The van der Waals surface area contributed by atoms with Crippen molar-refractivity contribution in [3.8, 4) is 11.8 Å². The third-order valence-electron chi connectivity index (χ3n) is 5.90. The summed E-state index contributed by atoms with van der Waals surface area (Å²) in [5.41, 5.74) is 5.96. The molecule has 0 aliphatic rings. The summed E-state index contributed by atoms with van der Waals surface area (Å²) in [4.78, 5) is 38.3. The van der Waals surface area contributed by atoms with Gasteiger partial charge in [0.05, 0.1) is 12.6 Å². The van der Waals surface area contributed by atoms with E-state index in [1.54, 1.807) is 48.5 Å². The third kappa shape index (κ3) is 10.1. The molecule has 216 valence electrons. The van der Waals surface area contributed by atoms with Crippen LogP contribution in [0.2, 0.25) is 0 Å². The standard InChI is InChI=1S/C30H33N5O5.CH4/c1-20(36)28(30(39)34-40)33-29(38)24-12-6-21(7-13-24)4-5-22-8-14-25(15-9-22)32-27(37)19-31-18-23-10-16-26(17-11-23)35(2)3;/h6-17,20,28,31,36,40H,18-19H2,1-3H3,(H,32,37)(H,33,38)(H,34,39);1H4/t20-,28+;/m1./s1. The second-order valence-corrected chi connectivity index (χ2v) is 9.29. The Morgan fingerprint density at radius 3 is 1.95 bits per heavy atom. The number of hydrogen-bond acceptors (Lipinski definition) is 7. The highest BCUT2D eigenvalue weighted by Crippen LogP contribution is 2.12. The first kappa shape index (κ1) is 32.5. The summed E-state index contributed by atoms with van der Waals surface area (Å²) in [5, 5.41) is 26.8. The Hall–Kier alpha value is -4.69. The maximum atomic E-state index is 12.4. The summed E-state index contributed by atoms with van der Waals surface area (Å²) in [5.74, 6) is 4.39. The number of nitrogens with one attached hydrogen (secondary N) is 4. The normalized spacial score (nSPS) is 11.5. The van der Waals surface area contributed by atoms with Gasteiger partial charge in [0, 0.05) is 48.7 Å². The van der Waals surface area contributed by atoms with Crippen molar-refractivity contribution in [3.63, 3.8) is 0 Å². The third-order valence-corrected chi connectivity index (χ3v) is 5.90. The van der Waals surface area contributed by atoms with Gasteiger partial charge in [-0.3, -0.25) is 19.6 Å². The van der Waals surface area contributed by atoms with Crippen molar-refractivity contribution >= 4 is 29.1 Å². The smallest absolute Gasteiger partial charge is 0.268 e. The number of nitrogens with zero attached hydrogens (tertiary/aromatic N) is 1. The summed E-state index contributed by atoms with van der Waals surface area (Å²) >= 11 is 0. The Bertz CT molecular complexity index is 1360. The van der Waals surface area contributed by atoms with Crippen molar-refractivity contribution in [1.29, 1.82) is 0 Å². The van der Waals surface area contributed by atoms with Gasteiger partial charge in [0.2, 0.25) is 5.91 Å². The van der Waals surface area contributed by atoms with Gasteiger partial charge < -0.3 is 26.0 Å². The Morgan fingerprint density at radius 1 is 0.878 bits per heavy atom. The molecule has 0 spiro atoms. The molecule has 0 aliphatic carbocycles. The van der Waals surface area contributed by atoms with Gasteiger partial charge in [-0.25, -0.2) is 5.48 Å². The van der Waals surface area contributed by atoms with Crippen LogP contribution in [0.1, 0.15) is 41.4 Å². The average molecular weight is 560 g/mol. The van der Waals surface area contributed by atoms with E-state index in [9.17, 15) is 19.5 Å². The lowest BCUT2D eigenvalue weighted by Gasteiger charge is -2.19. The SMILES string of the molecule is C.C[C@@H](O)[C@H](NC(=O)c1ccc(C#Cc2ccc(NC(=O)CNCc3ccc(N(C)C)cc3)cc2)cc1)C(=O)NO. The highest BCUT2D eigenvalue weighted by Gasteiger charge is 2.25. The van der Waals surface area contributed by atoms with Crippen LogP contribution < -0.4 is 26.3 Å². The van der Waals surface area contributed by atoms with Crippen LogP contribution in [0.5, 0.6) is 0 Å². The van der Waals surface area contributed by atoms with Crippen LogP contribution in [0.15, 0.2) is 72.8 Å². The Balaban J connectivity index is 0.00000588. The maximum absolute atomic E-state index is 12.4. The van der Waals surface area contributed by atoms with Gasteiger partial charge in [-0.15, -0.1) is 0 Å². The van der Waals surface area contributed by atoms with E-state index in [0.29, 0.717) is 17.8 Å². The summed E-state index contributed by atoms with van der Waals surface area (Å²) in [6, 6.07) is 20.4. The van der Waals surface area contributed by atoms with E-state index in [2.05, 4.69) is 27.8 Å². The van der Waals surface area contributed by atoms with Gasteiger partial charge >= 0.3 is 0 Å². The van der Waals surface area contributed by atoms with Crippen LogP contribution in [-0.2, 0) is 16.1 Å². The van der Waals surface area contributed by atoms with E-state index < -0.39 is 24.0 Å². The molecular weight excluding hydrogens is 522 g/mol. The van der Waals surface area contributed by atoms with Crippen LogP contribution in [0.3, 0.4) is 0 Å². The zero-order valence-electron chi connectivity index (χ0n) is 22.6. The zero-order valence-corrected chi connectivity index (χ0v) is 22.6. The molecule has 3 aromatic carbocycles. The summed E-state index contributed by atoms with van der Waals surface area (Å²) < 4.78 is 0. The predicted octanol–water partition coefficient (Wildman–Crippen LogP) is 2.50. The summed E-state index contributed by atoms with van der Waals surface area (Å²) in [6.07, 6.45) is -1.20. The van der Waals surface area contributed by atoms with Crippen LogP contribution >= 0.6 is 0 Å². The van der Waals surface area contributed by atoms with Crippen LogP contribution in [-0.4, -0.2) is 60.8 Å². The first-order valence-electron chi connectivity index (χ1n) is 12.6. The molecule has 3 rings (SSSR count). The molecule has 0 radical (unpaired) electrons. The van der Waals surface area contributed by atoms with Crippen molar-refractivity contribution in [2.75, 3.05) is 30.9 Å². The van der Waals surface area contributed by atoms with Crippen LogP contribution in [0.4, 0.5) is 11.4 Å². The number of amides is 3. The number of rotatable bonds is 10. The van der Waals surface area contributed by atoms with Gasteiger partial charge in [0.15, 0.2) is 0 Å². The number of aliphatic hydroxyl groups excluding tert-OH is 1. The minimum Gasteiger partial charge on any atom is -0.391 e. The molecule has 41 heavy (non-hydrogen) atoms. The average Bonchev–Trinajstić information content (AvgIpc) is 2.95. The largest absolute Gasteiger partial charge is 0.391 e. The second kappa shape index (κ2) is 15.8. The minimum atomic E-state index is -1.30. The molecule has 0 aromatic heterocycles. The molecular formula is C31H37N5O5. The zero-order chi connectivity index (χ0) is 29.1. The number of aliphatic hydroxyl groups is 1. The number of hydrogen-bond donors (Lipinski definition) is 6. The molecule has 3 aromatic rings. The van der Waals surface area contributed by atoms with Gasteiger partial charge in [0.25, 0.3) is 11.8 Å². The van der Waals surface area contributed by atoms with Crippen molar-refractivity contribution < 1.29 is 24.7 Å². The number of carbonyl (C=O) groups excluding carboxylic acids is 3. The molecule has 0 aliphatic heterocycles. The number of hydroxylamine groups is 1. The lowest BCUT2D eigenvalue weighted by Crippen LogP contribution is -2.51. The molecule has 6 N–H and O–H groups in total. The molecule has 0 fully saturated rings. The van der Waals surface area contributed by atoms with E-state index in [4.69, 9.17) is 5.21 Å². The fourth-order valence-corrected chi connectivity index (χ4v) is 3.62. The van der Waals surface area contributed by atoms with Crippen LogP contribution in [0.25, 0.3) is 0 Å². The van der Waals surface area contributed by atoms with E-state index >= 15 is 0 Å². The molecule has 0 saturated carbocycles. The van der Waals surface area contributed by atoms with Crippen molar-refractivity contribution in [2.24, 2.45) is 0 Å². The molecule has 10 heteroatoms. The van der Waals surface area contributed by atoms with E-state index in [-0.39, 0.29) is 25.4 Å². The number of benzene rings is 3. The van der Waals surface area contributed by atoms with Gasteiger partial charge in [0.1, 0.15) is 6.04 Å². The predicted molar refractivity (Wildman–Crippen MR) is 160 cm³/mol. The summed E-state index contributed by atoms with van der Waals surface area (Å²) in [7, 11) is 3.98. The van der Waals surface area contributed by atoms with Gasteiger partial charge in [-0.05, 0) is 73.2 Å². The lowest BCUT2D eigenvalue weighted by molar-refractivity contribution is -0.133. The van der Waals surface area contributed by atoms with Crippen molar-refractivity contribution in [2.45, 2.75) is 33.0 Å². The van der Waals surface area contributed by atoms with Gasteiger partial charge in [-0.2, -0.15) is 0 Å². The monoisotopic (exact) mass is 559 g/mol. The molecule has 0 bridgehead atoms. The molecule has 0 heterocycles. The molecule has 0 unspecified atom stereocenters.